The summed E-state index contributed by atoms with van der Waals surface area (Å²) in [5.74, 6) is 0. The molecule has 0 atom stereocenters. The van der Waals surface area contributed by atoms with Gasteiger partial charge in [-0.25, -0.2) is 13.6 Å². The van der Waals surface area contributed by atoms with E-state index in [2.05, 4.69) is 0 Å². The molecule has 1 aromatic carbocycles. The molecule has 0 bridgehead atoms. The second kappa shape index (κ2) is 4.08. The average molecular weight is 214 g/mol. The van der Waals surface area contributed by atoms with Crippen molar-refractivity contribution in [1.29, 1.82) is 0 Å². The van der Waals surface area contributed by atoms with Gasteiger partial charge >= 0.3 is 0 Å². The van der Waals surface area contributed by atoms with Gasteiger partial charge < -0.3 is 5.73 Å². The lowest BCUT2D eigenvalue weighted by Crippen LogP contribution is -2.13. The number of hydrogen-bond acceptors (Lipinski definition) is 3. The van der Waals surface area contributed by atoms with Gasteiger partial charge in [0.2, 0.25) is 10.0 Å². The maximum absolute atomic E-state index is 11.1. The van der Waals surface area contributed by atoms with Gasteiger partial charge in [-0.15, -0.1) is 0 Å². The molecule has 0 radical (unpaired) electrons. The van der Waals surface area contributed by atoms with Crippen LogP contribution in [0.4, 0.5) is 0 Å². The first-order valence-electron chi connectivity index (χ1n) is 4.33. The minimum atomic E-state index is -3.62. The Bertz CT molecular complexity index is 404. The first kappa shape index (κ1) is 11.2. The lowest BCUT2D eigenvalue weighted by atomic mass is 10.1. The fourth-order valence-corrected chi connectivity index (χ4v) is 1.85. The van der Waals surface area contributed by atoms with Crippen LogP contribution in [0.2, 0.25) is 0 Å². The van der Waals surface area contributed by atoms with Gasteiger partial charge in [0.15, 0.2) is 0 Å². The van der Waals surface area contributed by atoms with E-state index in [1.54, 1.807) is 6.07 Å². The van der Waals surface area contributed by atoms with E-state index in [1.807, 2.05) is 13.0 Å². The summed E-state index contributed by atoms with van der Waals surface area (Å²) in [6.07, 6.45) is 0.760. The van der Waals surface area contributed by atoms with Crippen molar-refractivity contribution in [2.24, 2.45) is 10.9 Å². The number of sulfonamides is 1. The maximum Gasteiger partial charge on any atom is 0.238 e. The maximum atomic E-state index is 11.1. The molecule has 0 saturated carbocycles. The van der Waals surface area contributed by atoms with Crippen molar-refractivity contribution in [3.8, 4) is 0 Å². The molecule has 1 rings (SSSR count). The third-order valence-electron chi connectivity index (χ3n) is 2.00. The molecule has 14 heavy (non-hydrogen) atoms. The Hall–Kier alpha value is -0.910. The Morgan fingerprint density at radius 2 is 1.79 bits per heavy atom. The van der Waals surface area contributed by atoms with E-state index >= 15 is 0 Å². The number of aryl methyl sites for hydroxylation is 1. The van der Waals surface area contributed by atoms with Crippen molar-refractivity contribution < 1.29 is 8.42 Å². The molecule has 0 unspecified atom stereocenters. The Morgan fingerprint density at radius 1 is 1.21 bits per heavy atom. The minimum Gasteiger partial charge on any atom is -0.326 e. The first-order valence-corrected chi connectivity index (χ1v) is 5.87. The fraction of sp³-hybridized carbons (Fsp3) is 0.333. The second-order valence-corrected chi connectivity index (χ2v) is 4.65. The summed E-state index contributed by atoms with van der Waals surface area (Å²) in [5.41, 5.74) is 7.16. The average Bonchev–Trinajstić information content (AvgIpc) is 2.15. The van der Waals surface area contributed by atoms with Crippen LogP contribution < -0.4 is 10.9 Å². The summed E-state index contributed by atoms with van der Waals surface area (Å²) >= 11 is 0. The minimum absolute atomic E-state index is 0.136. The van der Waals surface area contributed by atoms with Crippen molar-refractivity contribution in [1.82, 2.24) is 0 Å². The van der Waals surface area contributed by atoms with Gasteiger partial charge in [-0.1, -0.05) is 13.0 Å². The number of benzene rings is 1. The quantitative estimate of drug-likeness (QED) is 0.761. The molecule has 4 nitrogen and oxygen atoms in total. The molecule has 1 aromatic rings. The Morgan fingerprint density at radius 3 is 2.21 bits per heavy atom. The van der Waals surface area contributed by atoms with Crippen LogP contribution in [0, 0.1) is 0 Å². The summed E-state index contributed by atoms with van der Waals surface area (Å²) in [6, 6.07) is 4.97. The van der Waals surface area contributed by atoms with E-state index in [1.165, 1.54) is 6.07 Å². The number of nitrogens with two attached hydrogens (primary N) is 2. The topological polar surface area (TPSA) is 86.2 Å². The van der Waals surface area contributed by atoms with Crippen molar-refractivity contribution in [3.05, 3.63) is 29.3 Å². The molecule has 0 fully saturated rings. The zero-order valence-corrected chi connectivity index (χ0v) is 8.84. The molecule has 78 valence electrons. The van der Waals surface area contributed by atoms with E-state index in [4.69, 9.17) is 10.9 Å². The second-order valence-electron chi connectivity index (χ2n) is 3.09. The molecular weight excluding hydrogens is 200 g/mol. The van der Waals surface area contributed by atoms with E-state index in [9.17, 15) is 8.42 Å². The van der Waals surface area contributed by atoms with Crippen molar-refractivity contribution in [2.75, 3.05) is 0 Å². The van der Waals surface area contributed by atoms with Gasteiger partial charge in [-0.2, -0.15) is 0 Å². The predicted octanol–water partition coefficient (Wildman–Crippen LogP) is 0.355. The fourth-order valence-electron chi connectivity index (χ4n) is 1.21. The molecule has 0 amide bonds. The van der Waals surface area contributed by atoms with Crippen LogP contribution in [0.5, 0.6) is 0 Å². The number of primary sulfonamides is 1. The van der Waals surface area contributed by atoms with Crippen molar-refractivity contribution in [2.45, 2.75) is 24.8 Å². The van der Waals surface area contributed by atoms with Crippen LogP contribution in [0.15, 0.2) is 23.1 Å². The van der Waals surface area contributed by atoms with E-state index < -0.39 is 10.0 Å². The molecular formula is C9H14N2O2S. The first-order chi connectivity index (χ1) is 6.47. The van der Waals surface area contributed by atoms with E-state index in [0.29, 0.717) is 6.54 Å². The third-order valence-corrected chi connectivity index (χ3v) is 2.89. The van der Waals surface area contributed by atoms with Crippen LogP contribution in [0.25, 0.3) is 0 Å². The van der Waals surface area contributed by atoms with Crippen molar-refractivity contribution >= 4 is 10.0 Å². The van der Waals surface area contributed by atoms with Gasteiger partial charge in [-0.05, 0) is 29.7 Å². The predicted molar refractivity (Wildman–Crippen MR) is 55.1 cm³/mol. The highest BCUT2D eigenvalue weighted by Crippen LogP contribution is 2.14. The van der Waals surface area contributed by atoms with Gasteiger partial charge in [-0.3, -0.25) is 0 Å². The molecule has 4 N–H and O–H groups in total. The van der Waals surface area contributed by atoms with Gasteiger partial charge in [0, 0.05) is 6.54 Å². The van der Waals surface area contributed by atoms with Gasteiger partial charge in [0.05, 0.1) is 4.90 Å². The highest BCUT2D eigenvalue weighted by molar-refractivity contribution is 7.89. The van der Waals surface area contributed by atoms with Gasteiger partial charge in [0.1, 0.15) is 0 Å². The SMILES string of the molecule is CCc1cc(CN)cc(S(N)(=O)=O)c1. The zero-order chi connectivity index (χ0) is 10.8. The normalized spacial score (nSPS) is 11.6. The molecule has 0 spiro atoms. The summed E-state index contributed by atoms with van der Waals surface area (Å²) in [5, 5.41) is 5.04. The zero-order valence-electron chi connectivity index (χ0n) is 8.03. The summed E-state index contributed by atoms with van der Waals surface area (Å²) < 4.78 is 22.2. The number of rotatable bonds is 3. The molecule has 0 saturated heterocycles. The van der Waals surface area contributed by atoms with Crippen LogP contribution >= 0.6 is 0 Å². The van der Waals surface area contributed by atoms with Crippen LogP contribution in [-0.2, 0) is 23.0 Å². The van der Waals surface area contributed by atoms with Crippen LogP contribution in [-0.4, -0.2) is 8.42 Å². The smallest absolute Gasteiger partial charge is 0.238 e. The summed E-state index contributed by atoms with van der Waals surface area (Å²) in [4.78, 5) is 0.136. The Labute approximate surface area is 84.0 Å². The van der Waals surface area contributed by atoms with E-state index in [-0.39, 0.29) is 4.90 Å². The van der Waals surface area contributed by atoms with Crippen LogP contribution in [0.1, 0.15) is 18.1 Å². The lowest BCUT2D eigenvalue weighted by Gasteiger charge is -2.05. The monoisotopic (exact) mass is 214 g/mol. The van der Waals surface area contributed by atoms with E-state index in [0.717, 1.165) is 17.5 Å². The molecule has 5 heteroatoms. The molecule has 0 aliphatic rings. The van der Waals surface area contributed by atoms with Crippen molar-refractivity contribution in [3.63, 3.8) is 0 Å². The Kier molecular flexibility index (Phi) is 3.25. The molecule has 0 aliphatic carbocycles. The largest absolute Gasteiger partial charge is 0.326 e. The molecule has 0 heterocycles. The lowest BCUT2D eigenvalue weighted by molar-refractivity contribution is 0.597. The third kappa shape index (κ3) is 2.54. The highest BCUT2D eigenvalue weighted by Gasteiger charge is 2.09. The number of hydrogen-bond donors (Lipinski definition) is 2. The highest BCUT2D eigenvalue weighted by atomic mass is 32.2. The van der Waals surface area contributed by atoms with Gasteiger partial charge in [0.25, 0.3) is 0 Å². The van der Waals surface area contributed by atoms with Crippen LogP contribution in [0.3, 0.4) is 0 Å². The molecule has 0 aliphatic heterocycles. The Balaban J connectivity index is 3.32. The summed E-state index contributed by atoms with van der Waals surface area (Å²) in [7, 11) is -3.62. The molecule has 0 aromatic heterocycles. The standard InChI is InChI=1S/C9H14N2O2S/c1-2-7-3-8(6-10)5-9(4-7)14(11,12)13/h3-5H,2,6,10H2,1H3,(H2,11,12,13). The summed E-state index contributed by atoms with van der Waals surface area (Å²) in [6.45, 7) is 2.26.